The van der Waals surface area contributed by atoms with E-state index >= 15 is 0 Å². The molecule has 1 fully saturated rings. The molecule has 1 saturated heterocycles. The molecule has 0 aromatic carbocycles. The second kappa shape index (κ2) is 7.27. The monoisotopic (exact) mass is 344 g/mol. The van der Waals surface area contributed by atoms with Gasteiger partial charge in [-0.25, -0.2) is 4.99 Å². The van der Waals surface area contributed by atoms with Crippen LogP contribution in [0.15, 0.2) is 41.7 Å². The van der Waals surface area contributed by atoms with Crippen molar-refractivity contribution in [3.8, 4) is 0 Å². The van der Waals surface area contributed by atoms with Crippen molar-refractivity contribution in [1.29, 1.82) is 0 Å². The van der Waals surface area contributed by atoms with Crippen molar-refractivity contribution >= 4 is 13.0 Å². The van der Waals surface area contributed by atoms with E-state index in [0.717, 1.165) is 12.0 Å². The predicted molar refractivity (Wildman–Crippen MR) is 96.4 cm³/mol. The van der Waals surface area contributed by atoms with Crippen LogP contribution in [0.1, 0.15) is 25.8 Å². The summed E-state index contributed by atoms with van der Waals surface area (Å²) in [5, 5.41) is 9.79. The van der Waals surface area contributed by atoms with Crippen molar-refractivity contribution in [3.05, 3.63) is 42.2 Å². The molecule has 2 aliphatic heterocycles. The lowest BCUT2D eigenvalue weighted by molar-refractivity contribution is 0.0138. The van der Waals surface area contributed by atoms with Crippen molar-refractivity contribution in [2.24, 2.45) is 10.9 Å². The van der Waals surface area contributed by atoms with Crippen molar-refractivity contribution in [2.75, 3.05) is 20.3 Å². The van der Waals surface area contributed by atoms with Gasteiger partial charge in [0, 0.05) is 37.6 Å². The maximum absolute atomic E-state index is 9.79. The molecule has 0 amide bonds. The number of aliphatic imine (C=N–C) groups is 1. The van der Waals surface area contributed by atoms with E-state index in [1.807, 2.05) is 37.4 Å². The van der Waals surface area contributed by atoms with E-state index < -0.39 is 18.3 Å². The summed E-state index contributed by atoms with van der Waals surface area (Å²) in [4.78, 5) is 9.13. The third kappa shape index (κ3) is 3.36. The third-order valence-electron chi connectivity index (χ3n) is 4.93. The molecule has 1 N–H and O–H groups in total. The molecular formula is C18H25BN2O4. The van der Waals surface area contributed by atoms with Gasteiger partial charge in [0.1, 0.15) is 5.54 Å². The standard InChI is InChI=1S/C18H25BN2O4/c1-4-10-24-16-18(23-3,15-11-19(22)25-13-15)8-7-17(2,21-16)14-6-5-9-20-12-14/h5-9,12,15,22H,4,10-11,13H2,1-3H3/t15-,17?,18?/m1/s1. The average Bonchev–Trinajstić information content (AvgIpc) is 3.08. The molecule has 3 heterocycles. The van der Waals surface area contributed by atoms with Gasteiger partial charge in [-0.2, -0.15) is 0 Å². The maximum Gasteiger partial charge on any atom is 0.454 e. The molecule has 6 nitrogen and oxygen atoms in total. The highest BCUT2D eigenvalue weighted by Gasteiger charge is 2.51. The molecule has 0 spiro atoms. The quantitative estimate of drug-likeness (QED) is 0.655. The number of dihydropyridines is 1. The second-order valence-electron chi connectivity index (χ2n) is 6.71. The zero-order valence-corrected chi connectivity index (χ0v) is 15.0. The van der Waals surface area contributed by atoms with Gasteiger partial charge in [0.15, 0.2) is 5.60 Å². The highest BCUT2D eigenvalue weighted by molar-refractivity contribution is 6.43. The first-order valence-corrected chi connectivity index (χ1v) is 8.73. The van der Waals surface area contributed by atoms with Crippen molar-refractivity contribution in [3.63, 3.8) is 0 Å². The molecule has 0 saturated carbocycles. The van der Waals surface area contributed by atoms with Gasteiger partial charge in [-0.05, 0) is 31.8 Å². The van der Waals surface area contributed by atoms with Gasteiger partial charge in [-0.1, -0.05) is 19.1 Å². The van der Waals surface area contributed by atoms with E-state index in [4.69, 9.17) is 19.1 Å². The first-order chi connectivity index (χ1) is 12.0. The molecule has 0 radical (unpaired) electrons. The summed E-state index contributed by atoms with van der Waals surface area (Å²) in [6.45, 7) is 5.03. The number of ether oxygens (including phenoxy) is 2. The number of hydrogen-bond donors (Lipinski definition) is 1. The van der Waals surface area contributed by atoms with Crippen molar-refractivity contribution in [2.45, 2.75) is 37.7 Å². The van der Waals surface area contributed by atoms with Gasteiger partial charge in [0.05, 0.1) is 6.61 Å². The molecule has 1 aromatic heterocycles. The Morgan fingerprint density at radius 2 is 2.28 bits per heavy atom. The Kier molecular flexibility index (Phi) is 5.27. The Morgan fingerprint density at radius 1 is 1.44 bits per heavy atom. The lowest BCUT2D eigenvalue weighted by Crippen LogP contribution is -2.51. The van der Waals surface area contributed by atoms with Crippen LogP contribution in [0.25, 0.3) is 0 Å². The third-order valence-corrected chi connectivity index (χ3v) is 4.93. The van der Waals surface area contributed by atoms with Crippen LogP contribution in [-0.2, 0) is 19.7 Å². The molecule has 25 heavy (non-hydrogen) atoms. The van der Waals surface area contributed by atoms with Crippen LogP contribution in [0.2, 0.25) is 6.32 Å². The smallest absolute Gasteiger partial charge is 0.454 e. The van der Waals surface area contributed by atoms with Crippen LogP contribution < -0.4 is 0 Å². The summed E-state index contributed by atoms with van der Waals surface area (Å²) >= 11 is 0. The molecule has 2 unspecified atom stereocenters. The molecule has 7 heteroatoms. The lowest BCUT2D eigenvalue weighted by atomic mass is 9.72. The molecule has 3 rings (SSSR count). The predicted octanol–water partition coefficient (Wildman–Crippen LogP) is 2.20. The molecule has 0 bridgehead atoms. The number of pyridine rings is 1. The Balaban J connectivity index is 2.00. The molecule has 2 aliphatic rings. The largest absolute Gasteiger partial charge is 0.479 e. The summed E-state index contributed by atoms with van der Waals surface area (Å²) < 4.78 is 17.3. The Hall–Kier alpha value is -1.70. The summed E-state index contributed by atoms with van der Waals surface area (Å²) in [5.41, 5.74) is -0.414. The normalized spacial score (nSPS) is 31.9. The average molecular weight is 344 g/mol. The van der Waals surface area contributed by atoms with Crippen molar-refractivity contribution in [1.82, 2.24) is 4.98 Å². The van der Waals surface area contributed by atoms with Crippen LogP contribution in [0, 0.1) is 5.92 Å². The highest BCUT2D eigenvalue weighted by atomic mass is 16.6. The topological polar surface area (TPSA) is 73.2 Å². The summed E-state index contributed by atoms with van der Waals surface area (Å²) in [7, 11) is 0.872. The maximum atomic E-state index is 9.79. The number of nitrogens with zero attached hydrogens (tertiary/aromatic N) is 2. The Labute approximate surface area is 149 Å². The van der Waals surface area contributed by atoms with Crippen LogP contribution in [0.5, 0.6) is 0 Å². The molecular weight excluding hydrogens is 319 g/mol. The Bertz CT molecular complexity index is 654. The highest BCUT2D eigenvalue weighted by Crippen LogP contribution is 2.41. The molecule has 0 aliphatic carbocycles. The minimum atomic E-state index is -0.825. The van der Waals surface area contributed by atoms with Crippen molar-refractivity contribution < 1.29 is 19.2 Å². The van der Waals surface area contributed by atoms with Gasteiger partial charge < -0.3 is 19.2 Å². The second-order valence-corrected chi connectivity index (χ2v) is 6.71. The minimum absolute atomic E-state index is 0.0576. The van der Waals surface area contributed by atoms with Gasteiger partial charge >= 0.3 is 7.12 Å². The van der Waals surface area contributed by atoms with E-state index in [9.17, 15) is 5.02 Å². The number of aromatic nitrogens is 1. The van der Waals surface area contributed by atoms with Crippen LogP contribution in [0.4, 0.5) is 0 Å². The lowest BCUT2D eigenvalue weighted by Gasteiger charge is -2.40. The first kappa shape index (κ1) is 18.1. The zero-order valence-electron chi connectivity index (χ0n) is 15.0. The zero-order chi connectivity index (χ0) is 17.9. The van der Waals surface area contributed by atoms with Crippen LogP contribution in [0.3, 0.4) is 0 Å². The van der Waals surface area contributed by atoms with Gasteiger partial charge in [-0.3, -0.25) is 4.98 Å². The van der Waals surface area contributed by atoms with E-state index in [1.54, 1.807) is 13.3 Å². The number of methoxy groups -OCH3 is 1. The summed E-state index contributed by atoms with van der Waals surface area (Å²) in [6.07, 6.45) is 8.94. The summed E-state index contributed by atoms with van der Waals surface area (Å²) in [6, 6.07) is 3.90. The van der Waals surface area contributed by atoms with Gasteiger partial charge in [-0.15, -0.1) is 0 Å². The fourth-order valence-corrected chi connectivity index (χ4v) is 3.40. The van der Waals surface area contributed by atoms with Crippen LogP contribution >= 0.6 is 0 Å². The first-order valence-electron chi connectivity index (χ1n) is 8.73. The fraction of sp³-hybridized carbons (Fsp3) is 0.556. The van der Waals surface area contributed by atoms with E-state index in [1.165, 1.54) is 0 Å². The SMILES string of the molecule is CCCOC1=NC(C)(c2cccnc2)C=CC1(OC)[C@H]1COB(O)C1. The van der Waals surface area contributed by atoms with E-state index in [-0.39, 0.29) is 5.92 Å². The Morgan fingerprint density at radius 3 is 2.88 bits per heavy atom. The number of rotatable bonds is 5. The molecule has 3 atom stereocenters. The number of hydrogen-bond acceptors (Lipinski definition) is 6. The van der Waals surface area contributed by atoms with E-state index in [0.29, 0.717) is 25.4 Å². The van der Waals surface area contributed by atoms with Gasteiger partial charge in [0.25, 0.3) is 0 Å². The summed E-state index contributed by atoms with van der Waals surface area (Å²) in [5.74, 6) is 0.478. The molecule has 134 valence electrons. The fourth-order valence-electron chi connectivity index (χ4n) is 3.40. The van der Waals surface area contributed by atoms with Crippen LogP contribution in [-0.4, -0.2) is 48.9 Å². The van der Waals surface area contributed by atoms with Gasteiger partial charge in [0.2, 0.25) is 5.90 Å². The minimum Gasteiger partial charge on any atom is -0.479 e. The van der Waals surface area contributed by atoms with E-state index in [2.05, 4.69) is 11.9 Å². The molecule has 1 aromatic rings.